The predicted octanol–water partition coefficient (Wildman–Crippen LogP) is 3.03. The predicted molar refractivity (Wildman–Crippen MR) is 76.3 cm³/mol. The Hall–Kier alpha value is -1.82. The van der Waals surface area contributed by atoms with Gasteiger partial charge in [-0.05, 0) is 29.8 Å². The third-order valence-electron chi connectivity index (χ3n) is 3.37. The highest BCUT2D eigenvalue weighted by Gasteiger charge is 2.21. The van der Waals surface area contributed by atoms with Crippen LogP contribution in [0.15, 0.2) is 35.3 Å². The zero-order chi connectivity index (χ0) is 13.5. The van der Waals surface area contributed by atoms with Gasteiger partial charge in [-0.15, -0.1) is 11.3 Å². The van der Waals surface area contributed by atoms with Gasteiger partial charge in [0.25, 0.3) is 5.91 Å². The number of rotatable bonds is 2. The smallest absolute Gasteiger partial charge is 0.277 e. The lowest BCUT2D eigenvalue weighted by atomic mass is 10.1. The van der Waals surface area contributed by atoms with Gasteiger partial charge in [0.2, 0.25) is 0 Å². The third kappa shape index (κ3) is 1.91. The van der Waals surface area contributed by atoms with Crippen LogP contribution in [-0.2, 0) is 9.47 Å². The molecule has 4 rings (SSSR count). The molecule has 3 heterocycles. The van der Waals surface area contributed by atoms with E-state index in [1.165, 1.54) is 0 Å². The van der Waals surface area contributed by atoms with E-state index in [0.29, 0.717) is 18.8 Å². The second-order valence-electron chi connectivity index (χ2n) is 4.64. The number of hydrogen-bond donors (Lipinski definition) is 0. The summed E-state index contributed by atoms with van der Waals surface area (Å²) in [5, 5.41) is 0. The molecule has 0 aliphatic carbocycles. The molecule has 0 spiro atoms. The van der Waals surface area contributed by atoms with Gasteiger partial charge < -0.3 is 9.47 Å². The van der Waals surface area contributed by atoms with Crippen LogP contribution in [0.1, 0.15) is 27.1 Å². The molecule has 100 valence electrons. The lowest BCUT2D eigenvalue weighted by Gasteiger charge is -2.05. The van der Waals surface area contributed by atoms with Crippen molar-refractivity contribution in [1.29, 1.82) is 0 Å². The first-order chi connectivity index (χ1) is 9.81. The van der Waals surface area contributed by atoms with Gasteiger partial charge in [0.1, 0.15) is 0 Å². The van der Waals surface area contributed by atoms with Crippen LogP contribution < -0.4 is 0 Å². The number of aliphatic imine (C=N–C) groups is 1. The van der Waals surface area contributed by atoms with Crippen LogP contribution in [0.4, 0.5) is 0 Å². The van der Waals surface area contributed by atoms with Crippen molar-refractivity contribution in [2.45, 2.75) is 6.29 Å². The number of amides is 1. The molecule has 1 aromatic heterocycles. The first kappa shape index (κ1) is 12.0. The molecule has 1 aromatic carbocycles. The molecule has 0 bridgehead atoms. The lowest BCUT2D eigenvalue weighted by molar-refractivity contribution is -0.0413. The zero-order valence-electron chi connectivity index (χ0n) is 10.5. The number of thiophene rings is 1. The van der Waals surface area contributed by atoms with Crippen molar-refractivity contribution >= 4 is 23.5 Å². The van der Waals surface area contributed by atoms with Gasteiger partial charge in [-0.25, -0.2) is 4.99 Å². The van der Waals surface area contributed by atoms with E-state index in [2.05, 4.69) is 11.1 Å². The van der Waals surface area contributed by atoms with Gasteiger partial charge in [-0.3, -0.25) is 4.79 Å². The number of carbonyl (C=O) groups excluding carboxylic acids is 1. The van der Waals surface area contributed by atoms with Crippen LogP contribution in [0.5, 0.6) is 0 Å². The molecule has 0 radical (unpaired) electrons. The average molecular weight is 285 g/mol. The second-order valence-corrected chi connectivity index (χ2v) is 5.76. The topological polar surface area (TPSA) is 47.9 Å². The molecular formula is C15H11NO3S. The fraction of sp³-hybridized carbons (Fsp3) is 0.200. The molecule has 20 heavy (non-hydrogen) atoms. The van der Waals surface area contributed by atoms with Crippen LogP contribution in [0.2, 0.25) is 0 Å². The molecule has 5 heteroatoms. The van der Waals surface area contributed by atoms with E-state index in [0.717, 1.165) is 20.9 Å². The molecule has 2 aromatic rings. The van der Waals surface area contributed by atoms with E-state index >= 15 is 0 Å². The number of hydrogen-bond acceptors (Lipinski definition) is 4. The Kier molecular flexibility index (Phi) is 2.77. The molecule has 0 N–H and O–H groups in total. The maximum absolute atomic E-state index is 11.5. The van der Waals surface area contributed by atoms with Crippen LogP contribution in [-0.4, -0.2) is 25.3 Å². The Labute approximate surface area is 119 Å². The fourth-order valence-electron chi connectivity index (χ4n) is 2.37. The van der Waals surface area contributed by atoms with E-state index in [-0.39, 0.29) is 12.2 Å². The highest BCUT2D eigenvalue weighted by molar-refractivity contribution is 7.15. The average Bonchev–Trinajstić information content (AvgIpc) is 3.18. The van der Waals surface area contributed by atoms with Gasteiger partial charge in [0.15, 0.2) is 6.29 Å². The van der Waals surface area contributed by atoms with Gasteiger partial charge in [-0.1, -0.05) is 6.07 Å². The summed E-state index contributed by atoms with van der Waals surface area (Å²) in [5.74, 6) is -0.161. The van der Waals surface area contributed by atoms with Crippen molar-refractivity contribution in [3.8, 4) is 10.4 Å². The van der Waals surface area contributed by atoms with Crippen molar-refractivity contribution in [3.63, 3.8) is 0 Å². The summed E-state index contributed by atoms with van der Waals surface area (Å²) >= 11 is 1.65. The first-order valence-corrected chi connectivity index (χ1v) is 7.19. The SMILES string of the molecule is O=C1N=Cc2cc(-c3ccc(C4OCCO4)s3)ccc21. The molecule has 0 saturated carbocycles. The molecule has 2 aliphatic rings. The van der Waals surface area contributed by atoms with Gasteiger partial charge in [0.05, 0.1) is 23.7 Å². The van der Waals surface area contributed by atoms with E-state index in [9.17, 15) is 4.79 Å². The summed E-state index contributed by atoms with van der Waals surface area (Å²) in [7, 11) is 0. The zero-order valence-corrected chi connectivity index (χ0v) is 11.4. The van der Waals surface area contributed by atoms with Crippen molar-refractivity contribution in [2.75, 3.05) is 13.2 Å². The molecule has 4 nitrogen and oxygen atoms in total. The molecule has 1 fully saturated rings. The Morgan fingerprint density at radius 2 is 2.00 bits per heavy atom. The molecule has 2 aliphatic heterocycles. The number of carbonyl (C=O) groups is 1. The maximum Gasteiger partial charge on any atom is 0.277 e. The maximum atomic E-state index is 11.5. The Bertz CT molecular complexity index is 714. The summed E-state index contributed by atoms with van der Waals surface area (Å²) in [6, 6.07) is 9.87. The summed E-state index contributed by atoms with van der Waals surface area (Å²) in [6.45, 7) is 1.30. The fourth-order valence-corrected chi connectivity index (χ4v) is 3.38. The lowest BCUT2D eigenvalue weighted by Crippen LogP contribution is -1.93. The van der Waals surface area contributed by atoms with Crippen molar-refractivity contribution in [2.24, 2.45) is 4.99 Å². The Balaban J connectivity index is 1.68. The van der Waals surface area contributed by atoms with Gasteiger partial charge in [-0.2, -0.15) is 0 Å². The van der Waals surface area contributed by atoms with Crippen molar-refractivity contribution < 1.29 is 14.3 Å². The second kappa shape index (κ2) is 4.63. The normalized spacial score (nSPS) is 17.9. The van der Waals surface area contributed by atoms with Crippen LogP contribution in [0.25, 0.3) is 10.4 Å². The first-order valence-electron chi connectivity index (χ1n) is 6.37. The van der Waals surface area contributed by atoms with E-state index < -0.39 is 0 Å². The standard InChI is InChI=1S/C15H11NO3S/c17-14-11-2-1-9(7-10(11)8-16-14)12-3-4-13(20-12)15-18-5-6-19-15/h1-4,7-8,15H,5-6H2. The molecule has 1 amide bonds. The van der Waals surface area contributed by atoms with Crippen molar-refractivity contribution in [1.82, 2.24) is 0 Å². The summed E-state index contributed by atoms with van der Waals surface area (Å²) in [6.07, 6.45) is 1.39. The summed E-state index contributed by atoms with van der Waals surface area (Å²) in [5.41, 5.74) is 2.64. The highest BCUT2D eigenvalue weighted by Crippen LogP contribution is 2.35. The molecule has 1 saturated heterocycles. The van der Waals surface area contributed by atoms with E-state index in [1.54, 1.807) is 17.6 Å². The number of nitrogens with zero attached hydrogens (tertiary/aromatic N) is 1. The monoisotopic (exact) mass is 285 g/mol. The number of fused-ring (bicyclic) bond motifs is 1. The number of benzene rings is 1. The van der Waals surface area contributed by atoms with E-state index in [4.69, 9.17) is 9.47 Å². The van der Waals surface area contributed by atoms with E-state index in [1.807, 2.05) is 24.3 Å². The summed E-state index contributed by atoms with van der Waals surface area (Å²) in [4.78, 5) is 17.5. The number of ether oxygens (including phenoxy) is 2. The molecular weight excluding hydrogens is 274 g/mol. The van der Waals surface area contributed by atoms with Gasteiger partial charge >= 0.3 is 0 Å². The van der Waals surface area contributed by atoms with Crippen molar-refractivity contribution in [3.05, 3.63) is 46.3 Å². The minimum atomic E-state index is -0.230. The quantitative estimate of drug-likeness (QED) is 0.852. The summed E-state index contributed by atoms with van der Waals surface area (Å²) < 4.78 is 11.0. The third-order valence-corrected chi connectivity index (χ3v) is 4.52. The highest BCUT2D eigenvalue weighted by atomic mass is 32.1. The van der Waals surface area contributed by atoms with Crippen LogP contribution in [0.3, 0.4) is 0 Å². The van der Waals surface area contributed by atoms with Crippen LogP contribution >= 0.6 is 11.3 Å². The molecule has 0 atom stereocenters. The Morgan fingerprint density at radius 3 is 2.85 bits per heavy atom. The minimum absolute atomic E-state index is 0.161. The van der Waals surface area contributed by atoms with Gasteiger partial charge in [0, 0.05) is 16.7 Å². The largest absolute Gasteiger partial charge is 0.345 e. The van der Waals surface area contributed by atoms with Crippen LogP contribution in [0, 0.1) is 0 Å². The Morgan fingerprint density at radius 1 is 1.15 bits per heavy atom. The minimum Gasteiger partial charge on any atom is -0.345 e. The molecule has 0 unspecified atom stereocenters.